The van der Waals surface area contributed by atoms with Gasteiger partial charge < -0.3 is 77.5 Å². The summed E-state index contributed by atoms with van der Waals surface area (Å²) in [6.07, 6.45) is 3.35. The third-order valence-corrected chi connectivity index (χ3v) is 23.2. The van der Waals surface area contributed by atoms with Gasteiger partial charge in [-0.3, -0.25) is 64.6 Å². The van der Waals surface area contributed by atoms with Gasteiger partial charge in [0.2, 0.25) is 5.71 Å². The number of methoxy groups -OCH3 is 4. The average Bonchev–Trinajstić information content (AvgIpc) is 1.60. The fourth-order valence-electron chi connectivity index (χ4n) is 15.9. The van der Waals surface area contributed by atoms with E-state index in [0.717, 1.165) is 48.3 Å². The molecule has 36 nitrogen and oxygen atoms in total. The first-order valence-electron chi connectivity index (χ1n) is 37.6. The Morgan fingerprint density at radius 2 is 0.711 bits per heavy atom. The van der Waals surface area contributed by atoms with E-state index >= 15 is 0 Å². The zero-order valence-electron chi connectivity index (χ0n) is 65.6. The fraction of sp³-hybridized carbons (Fsp3) is 0.238. The smallest absolute Gasteiger partial charge is 0.322 e. The Hall–Kier alpha value is -14.8. The van der Waals surface area contributed by atoms with Crippen LogP contribution in [0.2, 0.25) is 0 Å². The molecule has 4 aromatic carbocycles. The van der Waals surface area contributed by atoms with Crippen LogP contribution in [0.3, 0.4) is 0 Å². The van der Waals surface area contributed by atoms with E-state index in [1.165, 1.54) is 48.0 Å². The minimum Gasteiger partial charge on any atom is -0.497 e. The van der Waals surface area contributed by atoms with Gasteiger partial charge in [0.05, 0.1) is 54.6 Å². The van der Waals surface area contributed by atoms with Gasteiger partial charge in [0.1, 0.15) is 66.3 Å². The Morgan fingerprint density at radius 1 is 0.372 bits per heavy atom. The number of nitrogens with zero attached hydrogens (tertiary/aromatic N) is 8. The predicted octanol–water partition coefficient (Wildman–Crippen LogP) is 7.95. The molecule has 37 heteroatoms. The highest BCUT2D eigenvalue weighted by atomic mass is 127. The van der Waals surface area contributed by atoms with Gasteiger partial charge in [-0.2, -0.15) is 0 Å². The van der Waals surface area contributed by atoms with Crippen molar-refractivity contribution in [2.75, 3.05) is 54.6 Å². The number of hydrogen-bond acceptors (Lipinski definition) is 24. The first-order chi connectivity index (χ1) is 58.0. The summed E-state index contributed by atoms with van der Waals surface area (Å²) >= 11 is 2.12. The molecule has 0 radical (unpaired) electrons. The number of amides is 16. The molecule has 0 unspecified atom stereocenters. The highest BCUT2D eigenvalue weighted by Gasteiger charge is 2.58. The molecule has 8 N–H and O–H groups in total. The Labute approximate surface area is 697 Å². The van der Waals surface area contributed by atoms with Crippen molar-refractivity contribution in [1.29, 1.82) is 0 Å². The number of ether oxygens (including phenoxy) is 4. The van der Waals surface area contributed by atoms with E-state index in [9.17, 15) is 57.5 Å². The minimum atomic E-state index is -1.56. The Balaban J connectivity index is 0.000000115. The Morgan fingerprint density at radius 3 is 1.08 bits per heavy atom. The van der Waals surface area contributed by atoms with Crippen molar-refractivity contribution in [3.8, 4) is 23.0 Å². The number of rotatable bonds is 16. The molecular weight excluding hydrogens is 1680 g/mol. The third kappa shape index (κ3) is 13.9. The van der Waals surface area contributed by atoms with E-state index in [1.54, 1.807) is 103 Å². The molecule has 4 atom stereocenters. The summed E-state index contributed by atoms with van der Waals surface area (Å²) in [5, 5.41) is 20.4. The molecule has 8 aromatic heterocycles. The van der Waals surface area contributed by atoms with Gasteiger partial charge in [0.15, 0.2) is 38.9 Å². The number of benzene rings is 4. The standard InChI is InChI=1S/C21H17IN4O5.3C21H18N4O5/c1-10-5-15-14(23-17(10)22)7-16(31-15)21(19(28)24-20(29)25-21)9-26-8-11-3-4-12(30-2)6-13(11)18(26)27;1-11-3-6-16-15(22-11)8-17(30-16)21(19(27)23-20(28)24-21)10-25-9-12-4-5-13(29-2)7-14(12)18(25)26;1-11-5-13-6-16(30-17(13)22-8-11)21(19(27)23-20(28)24-21)10-25-9-12-3-4-14(29-2)7-15(12)18(25)26;1-11-5-16-15(22-8-11)7-17(30-16)21(19(27)23-20(28)24-21)10-25-9-12-3-4-13(29-2)6-14(12)18(25)26/h3-7H,8-9H2,1-2H3,(H2,24,25,28,29);3*3-8H,9-10H2,1-2H3,(H2,23,24,27,28)/t4*21-/m0000/s1. The van der Waals surface area contributed by atoms with Crippen molar-refractivity contribution in [2.24, 2.45) is 0 Å². The van der Waals surface area contributed by atoms with E-state index in [0.29, 0.717) is 116 Å². The van der Waals surface area contributed by atoms with Crippen LogP contribution in [-0.4, -0.2) is 166 Å². The van der Waals surface area contributed by atoms with Gasteiger partial charge in [-0.05, 0) is 174 Å². The highest BCUT2D eigenvalue weighted by molar-refractivity contribution is 14.1. The van der Waals surface area contributed by atoms with Gasteiger partial charge in [0.25, 0.3) is 47.3 Å². The van der Waals surface area contributed by atoms with Crippen LogP contribution in [0.1, 0.15) is 109 Å². The second kappa shape index (κ2) is 30.0. The van der Waals surface area contributed by atoms with E-state index in [4.69, 9.17) is 36.6 Å². The number of aromatic nitrogens is 4. The van der Waals surface area contributed by atoms with Crippen molar-refractivity contribution in [1.82, 2.24) is 82.1 Å². The molecule has 0 bridgehead atoms. The molecule has 121 heavy (non-hydrogen) atoms. The summed E-state index contributed by atoms with van der Waals surface area (Å²) in [6, 6.07) is 34.1. The molecule has 8 aliphatic rings. The fourth-order valence-corrected chi connectivity index (χ4v) is 16.3. The quantitative estimate of drug-likeness (QED) is 0.0258. The van der Waals surface area contributed by atoms with Gasteiger partial charge in [-0.15, -0.1) is 0 Å². The normalized spacial score (nSPS) is 20.4. The van der Waals surface area contributed by atoms with Gasteiger partial charge in [-0.25, -0.2) is 34.1 Å². The lowest BCUT2D eigenvalue weighted by Crippen LogP contribution is -2.52. The summed E-state index contributed by atoms with van der Waals surface area (Å²) in [5.74, 6) is -0.124. The van der Waals surface area contributed by atoms with Crippen LogP contribution in [-0.2, 0) is 67.5 Å². The number of imide groups is 4. The van der Waals surface area contributed by atoms with Crippen LogP contribution in [0.15, 0.2) is 157 Å². The number of nitrogens with one attached hydrogen (secondary N) is 8. The lowest BCUT2D eigenvalue weighted by atomic mass is 9.95. The van der Waals surface area contributed by atoms with Crippen molar-refractivity contribution in [3.05, 3.63) is 233 Å². The second-order valence-corrected chi connectivity index (χ2v) is 31.1. The van der Waals surface area contributed by atoms with Crippen LogP contribution in [0.25, 0.3) is 44.4 Å². The number of furan rings is 4. The molecule has 16 heterocycles. The van der Waals surface area contributed by atoms with Crippen molar-refractivity contribution in [3.63, 3.8) is 0 Å². The van der Waals surface area contributed by atoms with Gasteiger partial charge in [-0.1, -0.05) is 24.3 Å². The maximum atomic E-state index is 13.1. The van der Waals surface area contributed by atoms with Crippen LogP contribution in [0.4, 0.5) is 19.2 Å². The summed E-state index contributed by atoms with van der Waals surface area (Å²) in [5.41, 5.74) is 6.23. The number of hydrogen-bond donors (Lipinski definition) is 8. The predicted molar refractivity (Wildman–Crippen MR) is 432 cm³/mol. The number of halogens is 1. The van der Waals surface area contributed by atoms with Crippen LogP contribution >= 0.6 is 22.6 Å². The van der Waals surface area contributed by atoms with Crippen LogP contribution < -0.4 is 61.5 Å². The molecule has 614 valence electrons. The molecule has 4 saturated heterocycles. The van der Waals surface area contributed by atoms with Crippen molar-refractivity contribution >= 4 is 138 Å². The topological polar surface area (TPSA) is 455 Å². The molecule has 20 rings (SSSR count). The number of carbonyl (C=O) groups is 12. The number of carbonyl (C=O) groups excluding carboxylic acids is 12. The van der Waals surface area contributed by atoms with Crippen molar-refractivity contribution < 1.29 is 94.2 Å². The number of urea groups is 4. The monoisotopic (exact) mass is 1750 g/mol. The molecule has 0 saturated carbocycles. The number of pyridine rings is 4. The maximum absolute atomic E-state index is 13.1. The second-order valence-electron chi connectivity index (χ2n) is 30.1. The molecule has 0 spiro atoms. The summed E-state index contributed by atoms with van der Waals surface area (Å²) in [6.45, 7) is 8.41. The van der Waals surface area contributed by atoms with Gasteiger partial charge in [0, 0.05) is 90.1 Å². The highest BCUT2D eigenvalue weighted by Crippen LogP contribution is 2.41. The molecule has 8 aliphatic heterocycles. The SMILES string of the molecule is COc1ccc2c(c1)C(=O)N(C[C@@]1(c3cc4cc(C)cnc4o3)NC(=O)NC1=O)C2.COc1ccc2c(c1)C(=O)N(C[C@@]1(c3cc4nc(C)ccc4o3)NC(=O)NC1=O)C2.COc1ccc2c(c1)C(=O)N(C[C@@]1(c3cc4nc(I)c(C)cc4o3)NC(=O)NC1=O)C2.COc1ccc2c(c1)C(=O)N(C[C@@]1(c3cc4ncc(C)cc4o3)NC(=O)NC1=O)C2. The summed E-state index contributed by atoms with van der Waals surface area (Å²) in [4.78, 5) is 175. The molecule has 16 amide bonds. The van der Waals surface area contributed by atoms with E-state index in [1.807, 2.05) is 64.1 Å². The molecule has 0 aliphatic carbocycles. The molecular formula is C84H71IN16O20. The van der Waals surface area contributed by atoms with Crippen LogP contribution in [0.5, 0.6) is 23.0 Å². The third-order valence-electron chi connectivity index (χ3n) is 22.1. The van der Waals surface area contributed by atoms with Crippen LogP contribution in [0, 0.1) is 31.4 Å². The largest absolute Gasteiger partial charge is 0.497 e. The first-order valence-corrected chi connectivity index (χ1v) is 38.6. The van der Waals surface area contributed by atoms with E-state index in [-0.39, 0.29) is 72.8 Å². The van der Waals surface area contributed by atoms with E-state index < -0.39 is 69.9 Å². The first kappa shape index (κ1) is 78.7. The summed E-state index contributed by atoms with van der Waals surface area (Å²) < 4.78 is 45.3. The Kier molecular flexibility index (Phi) is 19.5. The van der Waals surface area contributed by atoms with E-state index in [2.05, 4.69) is 85.1 Å². The lowest BCUT2D eigenvalue weighted by Gasteiger charge is -2.28. The average molecular weight is 1750 g/mol. The maximum Gasteiger partial charge on any atom is 0.322 e. The lowest BCUT2D eigenvalue weighted by molar-refractivity contribution is -0.126. The molecule has 12 aromatic rings. The van der Waals surface area contributed by atoms with Crippen molar-refractivity contribution in [2.45, 2.75) is 76.0 Å². The summed E-state index contributed by atoms with van der Waals surface area (Å²) in [7, 11) is 6.13. The zero-order valence-corrected chi connectivity index (χ0v) is 67.7. The minimum absolute atomic E-state index is 0.0841. The van der Waals surface area contributed by atoms with Gasteiger partial charge >= 0.3 is 24.1 Å². The Bertz CT molecular complexity index is 6040. The number of fused-ring (bicyclic) bond motifs is 8. The molecule has 4 fully saturated rings. The number of aryl methyl sites for hydroxylation is 4. The zero-order chi connectivity index (χ0) is 85.0.